The van der Waals surface area contributed by atoms with E-state index in [2.05, 4.69) is 26.7 Å². The zero-order valence-electron chi connectivity index (χ0n) is 19.0. The molecule has 2 N–H and O–H groups in total. The molecule has 0 spiro atoms. The number of hydrogen-bond donors (Lipinski definition) is 2. The molecule has 4 rings (SSSR count). The maximum absolute atomic E-state index is 12.0. The van der Waals surface area contributed by atoms with Gasteiger partial charge in [0.25, 0.3) is 0 Å². The molecule has 0 bridgehead atoms. The first-order chi connectivity index (χ1) is 16.5. The highest BCUT2D eigenvalue weighted by Gasteiger charge is 2.34. The molecule has 9 heteroatoms. The summed E-state index contributed by atoms with van der Waals surface area (Å²) in [5.74, 6) is 0.447. The Morgan fingerprint density at radius 2 is 2.26 bits per heavy atom. The second-order valence-electron chi connectivity index (χ2n) is 8.60. The Hall–Kier alpha value is -1.84. The quantitative estimate of drug-likeness (QED) is 0.337. The number of aliphatic hydroxyl groups is 1. The van der Waals surface area contributed by atoms with E-state index in [4.69, 9.17) is 16.3 Å². The Morgan fingerprint density at radius 1 is 1.41 bits per heavy atom. The van der Waals surface area contributed by atoms with Crippen molar-refractivity contribution in [1.82, 2.24) is 9.88 Å². The first-order valence-electron chi connectivity index (χ1n) is 11.4. The number of thioether (sulfide) groups is 1. The first kappa shape index (κ1) is 25.3. The molecule has 1 aliphatic heterocycles. The molecule has 1 saturated heterocycles. The third-order valence-electron chi connectivity index (χ3n) is 6.54. The van der Waals surface area contributed by atoms with E-state index >= 15 is 0 Å². The molecular weight excluding hydrogens is 492 g/mol. The molecule has 0 radical (unpaired) electrons. The smallest absolute Gasteiger partial charge is 0.308 e. The average Bonchev–Trinajstić information content (AvgIpc) is 3.36. The monoisotopic (exact) mass is 520 g/mol. The largest absolute Gasteiger partial charge is 0.497 e. The Morgan fingerprint density at radius 3 is 3.00 bits per heavy atom. The SMILES string of the molecule is COc1ccc2ncc(Cl)c([C@@H](O)CC[C@H]3CCN(CCSc4ccsc4)C[C@H]3C(=O)O)c2c1. The lowest BCUT2D eigenvalue weighted by molar-refractivity contribution is -0.146. The molecule has 0 saturated carbocycles. The number of hydrogen-bond acceptors (Lipinski definition) is 7. The minimum absolute atomic E-state index is 0.0225. The number of carboxylic acid groups (broad SMARTS) is 1. The molecule has 3 heterocycles. The topological polar surface area (TPSA) is 82.9 Å². The number of likely N-dealkylation sites (tertiary alicyclic amines) is 1. The Labute approximate surface area is 212 Å². The Bertz CT molecular complexity index is 1110. The van der Waals surface area contributed by atoms with Gasteiger partial charge in [-0.05, 0) is 61.4 Å². The minimum atomic E-state index is -0.806. The highest BCUT2D eigenvalue weighted by Crippen LogP contribution is 2.37. The third kappa shape index (κ3) is 6.04. The lowest BCUT2D eigenvalue weighted by Gasteiger charge is -2.37. The summed E-state index contributed by atoms with van der Waals surface area (Å²) < 4.78 is 5.33. The van der Waals surface area contributed by atoms with Gasteiger partial charge >= 0.3 is 5.97 Å². The molecule has 182 valence electrons. The maximum Gasteiger partial charge on any atom is 0.308 e. The highest BCUT2D eigenvalue weighted by atomic mass is 35.5. The number of halogens is 1. The molecule has 0 unspecified atom stereocenters. The van der Waals surface area contributed by atoms with Crippen LogP contribution in [0.25, 0.3) is 10.9 Å². The molecule has 2 aromatic heterocycles. The standard InChI is InChI=1S/C25H29ClN2O4S2/c1-32-17-3-4-22-19(12-17)24(21(26)13-27-22)23(29)5-2-16-6-8-28(14-20(16)25(30)31)9-11-34-18-7-10-33-15-18/h3-4,7,10,12-13,15-16,20,23,29H,2,5-6,8-9,11,14H2,1H3,(H,30,31)/t16-,20+,23-/m0/s1. The van der Waals surface area contributed by atoms with Crippen LogP contribution in [0.1, 0.15) is 30.9 Å². The lowest BCUT2D eigenvalue weighted by atomic mass is 9.81. The van der Waals surface area contributed by atoms with Crippen molar-refractivity contribution in [2.24, 2.45) is 11.8 Å². The van der Waals surface area contributed by atoms with Crippen molar-refractivity contribution < 1.29 is 19.7 Å². The van der Waals surface area contributed by atoms with Gasteiger partial charge in [0.15, 0.2) is 0 Å². The fourth-order valence-corrected chi connectivity index (χ4v) is 6.74. The van der Waals surface area contributed by atoms with Crippen LogP contribution < -0.4 is 4.74 Å². The van der Waals surface area contributed by atoms with Gasteiger partial charge in [-0.25, -0.2) is 0 Å². The van der Waals surface area contributed by atoms with Crippen LogP contribution >= 0.6 is 34.7 Å². The molecule has 0 aliphatic carbocycles. The Balaban J connectivity index is 1.38. The molecule has 0 amide bonds. The molecule has 34 heavy (non-hydrogen) atoms. The van der Waals surface area contributed by atoms with Crippen molar-refractivity contribution in [3.63, 3.8) is 0 Å². The number of aliphatic hydroxyl groups excluding tert-OH is 1. The summed E-state index contributed by atoms with van der Waals surface area (Å²) in [6, 6.07) is 7.61. The third-order valence-corrected chi connectivity index (χ3v) is 8.65. The summed E-state index contributed by atoms with van der Waals surface area (Å²) >= 11 is 9.93. The molecule has 6 nitrogen and oxygen atoms in total. The summed E-state index contributed by atoms with van der Waals surface area (Å²) in [6.07, 6.45) is 2.63. The molecule has 3 aromatic rings. The number of nitrogens with zero attached hydrogens (tertiary/aromatic N) is 2. The van der Waals surface area contributed by atoms with Crippen molar-refractivity contribution in [2.75, 3.05) is 32.5 Å². The summed E-state index contributed by atoms with van der Waals surface area (Å²) in [5, 5.41) is 26.3. The van der Waals surface area contributed by atoms with E-state index < -0.39 is 18.0 Å². The second kappa shape index (κ2) is 11.7. The van der Waals surface area contributed by atoms with Crippen molar-refractivity contribution in [2.45, 2.75) is 30.3 Å². The number of aromatic nitrogens is 1. The summed E-state index contributed by atoms with van der Waals surface area (Å²) in [7, 11) is 1.59. The van der Waals surface area contributed by atoms with Gasteiger partial charge in [0.1, 0.15) is 5.75 Å². The van der Waals surface area contributed by atoms with Gasteiger partial charge < -0.3 is 19.8 Å². The van der Waals surface area contributed by atoms with Gasteiger partial charge in [-0.15, -0.1) is 11.8 Å². The van der Waals surface area contributed by atoms with Crippen molar-refractivity contribution in [1.29, 1.82) is 0 Å². The van der Waals surface area contributed by atoms with Crippen LogP contribution in [0.4, 0.5) is 0 Å². The van der Waals surface area contributed by atoms with Crippen LogP contribution in [0, 0.1) is 11.8 Å². The van der Waals surface area contributed by atoms with E-state index in [-0.39, 0.29) is 5.92 Å². The first-order valence-corrected chi connectivity index (χ1v) is 13.7. The lowest BCUT2D eigenvalue weighted by Crippen LogP contribution is -2.44. The number of ether oxygens (including phenoxy) is 1. The number of carboxylic acids is 1. The van der Waals surface area contributed by atoms with E-state index in [1.807, 2.05) is 30.0 Å². The fraction of sp³-hybridized carbons (Fsp3) is 0.440. The number of methoxy groups -OCH3 is 1. The summed E-state index contributed by atoms with van der Waals surface area (Å²) in [6.45, 7) is 2.31. The number of aliphatic carboxylic acids is 1. The van der Waals surface area contributed by atoms with Crippen molar-refractivity contribution in [3.8, 4) is 5.75 Å². The number of piperidine rings is 1. The van der Waals surface area contributed by atoms with Crippen LogP contribution in [0.5, 0.6) is 5.75 Å². The van der Waals surface area contributed by atoms with Gasteiger partial charge in [-0.3, -0.25) is 9.78 Å². The fourth-order valence-electron chi connectivity index (χ4n) is 4.67. The molecule has 1 aromatic carbocycles. The number of benzene rings is 1. The summed E-state index contributed by atoms with van der Waals surface area (Å²) in [4.78, 5) is 19.9. The van der Waals surface area contributed by atoms with Crippen LogP contribution in [0.15, 0.2) is 46.1 Å². The van der Waals surface area contributed by atoms with Gasteiger partial charge in [0.05, 0.1) is 29.7 Å². The molecule has 3 atom stereocenters. The molecular formula is C25H29ClN2O4S2. The van der Waals surface area contributed by atoms with Gasteiger partial charge in [0, 0.05) is 46.3 Å². The number of pyridine rings is 1. The van der Waals surface area contributed by atoms with Crippen LogP contribution in [0.2, 0.25) is 5.02 Å². The van der Waals surface area contributed by atoms with Crippen molar-refractivity contribution in [3.05, 3.63) is 51.8 Å². The summed E-state index contributed by atoms with van der Waals surface area (Å²) in [5.41, 5.74) is 1.36. The van der Waals surface area contributed by atoms with Gasteiger partial charge in [-0.2, -0.15) is 11.3 Å². The predicted octanol–water partition coefficient (Wildman–Crippen LogP) is 5.59. The average molecular weight is 521 g/mol. The maximum atomic E-state index is 12.0. The van der Waals surface area contributed by atoms with Crippen LogP contribution in [-0.2, 0) is 4.79 Å². The number of rotatable bonds is 10. The number of fused-ring (bicyclic) bond motifs is 1. The van der Waals surface area contributed by atoms with Crippen molar-refractivity contribution >= 4 is 51.6 Å². The van der Waals surface area contributed by atoms with Crippen LogP contribution in [-0.4, -0.2) is 58.6 Å². The zero-order chi connectivity index (χ0) is 24.1. The minimum Gasteiger partial charge on any atom is -0.497 e. The van der Waals surface area contributed by atoms with E-state index in [0.717, 1.165) is 36.2 Å². The number of thiophene rings is 1. The second-order valence-corrected chi connectivity index (χ2v) is 11.0. The Kier molecular flexibility index (Phi) is 8.71. The molecule has 1 aliphatic rings. The number of carbonyl (C=O) groups is 1. The van der Waals surface area contributed by atoms with Gasteiger partial charge in [0.2, 0.25) is 0 Å². The van der Waals surface area contributed by atoms with Crippen LogP contribution in [0.3, 0.4) is 0 Å². The van der Waals surface area contributed by atoms with E-state index in [9.17, 15) is 15.0 Å². The van der Waals surface area contributed by atoms with E-state index in [1.54, 1.807) is 24.6 Å². The zero-order valence-corrected chi connectivity index (χ0v) is 21.4. The van der Waals surface area contributed by atoms with E-state index in [1.165, 1.54) is 4.90 Å². The van der Waals surface area contributed by atoms with E-state index in [0.29, 0.717) is 35.7 Å². The van der Waals surface area contributed by atoms with Gasteiger partial charge in [-0.1, -0.05) is 11.6 Å². The predicted molar refractivity (Wildman–Crippen MR) is 138 cm³/mol. The molecule has 1 fully saturated rings. The normalized spacial score (nSPS) is 19.9. The highest BCUT2D eigenvalue weighted by molar-refractivity contribution is 7.99.